The van der Waals surface area contributed by atoms with Crippen molar-refractivity contribution in [3.05, 3.63) is 35.2 Å². The molecule has 1 aromatic carbocycles. The van der Waals surface area contributed by atoms with Crippen molar-refractivity contribution in [1.29, 1.82) is 0 Å². The van der Waals surface area contributed by atoms with Crippen molar-refractivity contribution in [3.8, 4) is 11.5 Å². The number of benzene rings is 1. The molecule has 1 aliphatic heterocycles. The molecule has 1 N–H and O–H groups in total. The van der Waals surface area contributed by atoms with Crippen molar-refractivity contribution in [2.75, 3.05) is 6.54 Å². The predicted octanol–water partition coefficient (Wildman–Crippen LogP) is 1.88. The first-order valence-electron chi connectivity index (χ1n) is 6.10. The molecule has 2 heterocycles. The minimum absolute atomic E-state index is 0.567. The van der Waals surface area contributed by atoms with Crippen LogP contribution in [0.4, 0.5) is 0 Å². The first-order valence-corrected chi connectivity index (χ1v) is 6.10. The summed E-state index contributed by atoms with van der Waals surface area (Å²) in [5.41, 5.74) is 3.40. The summed E-state index contributed by atoms with van der Waals surface area (Å²) in [6, 6.07) is 6.12. The van der Waals surface area contributed by atoms with Gasteiger partial charge < -0.3 is 14.5 Å². The van der Waals surface area contributed by atoms with Gasteiger partial charge in [0.1, 0.15) is 0 Å². The van der Waals surface area contributed by atoms with Crippen LogP contribution in [0.5, 0.6) is 0 Å². The summed E-state index contributed by atoms with van der Waals surface area (Å²) >= 11 is 0. The average Bonchev–Trinajstić information content (AvgIpc) is 3.04. The molecule has 1 aromatic heterocycles. The zero-order valence-corrected chi connectivity index (χ0v) is 10.3. The monoisotopic (exact) mass is 245 g/mol. The number of nitrogens with zero attached hydrogens (tertiary/aromatic N) is 2. The van der Waals surface area contributed by atoms with E-state index in [0.29, 0.717) is 31.5 Å². The van der Waals surface area contributed by atoms with Gasteiger partial charge in [0.2, 0.25) is 11.8 Å². The third kappa shape index (κ3) is 2.14. The van der Waals surface area contributed by atoms with Crippen LogP contribution in [0.1, 0.15) is 23.9 Å². The van der Waals surface area contributed by atoms with Gasteiger partial charge in [-0.1, -0.05) is 13.0 Å². The fraction of sp³-hybridized carbons (Fsp3) is 0.385. The summed E-state index contributed by atoms with van der Waals surface area (Å²) in [6.07, 6.45) is 0. The maximum absolute atomic E-state index is 5.61. The molecule has 2 aromatic rings. The number of nitrogens with one attached hydrogen (secondary N) is 1. The van der Waals surface area contributed by atoms with E-state index in [1.54, 1.807) is 0 Å². The molecule has 18 heavy (non-hydrogen) atoms. The summed E-state index contributed by atoms with van der Waals surface area (Å²) in [4.78, 5) is 0. The Kier molecular flexibility index (Phi) is 3.08. The first kappa shape index (κ1) is 11.4. The molecule has 3 rings (SSSR count). The minimum Gasteiger partial charge on any atom is -0.419 e. The molecule has 0 aliphatic carbocycles. The highest BCUT2D eigenvalue weighted by Crippen LogP contribution is 2.26. The van der Waals surface area contributed by atoms with E-state index in [1.165, 1.54) is 11.1 Å². The standard InChI is InChI=1S/C13H15N3O2/c1-2-14-6-12-15-16-13(18-12)9-3-4-10-7-17-8-11(10)5-9/h3-5,14H,2,6-8H2,1H3. The van der Waals surface area contributed by atoms with Gasteiger partial charge in [0.15, 0.2) is 0 Å². The van der Waals surface area contributed by atoms with Crippen LogP contribution in [0.15, 0.2) is 22.6 Å². The predicted molar refractivity (Wildman–Crippen MR) is 65.6 cm³/mol. The third-order valence-electron chi connectivity index (χ3n) is 2.96. The van der Waals surface area contributed by atoms with E-state index in [-0.39, 0.29) is 0 Å². The lowest BCUT2D eigenvalue weighted by Crippen LogP contribution is -2.11. The van der Waals surface area contributed by atoms with Crippen molar-refractivity contribution >= 4 is 0 Å². The van der Waals surface area contributed by atoms with Crippen LogP contribution in [-0.4, -0.2) is 16.7 Å². The van der Waals surface area contributed by atoms with Crippen LogP contribution in [-0.2, 0) is 24.5 Å². The first-order chi connectivity index (χ1) is 8.86. The molecule has 0 unspecified atom stereocenters. The van der Waals surface area contributed by atoms with Crippen molar-refractivity contribution in [3.63, 3.8) is 0 Å². The zero-order chi connectivity index (χ0) is 12.4. The van der Waals surface area contributed by atoms with Crippen LogP contribution >= 0.6 is 0 Å². The lowest BCUT2D eigenvalue weighted by atomic mass is 10.1. The highest BCUT2D eigenvalue weighted by molar-refractivity contribution is 5.55. The lowest BCUT2D eigenvalue weighted by Gasteiger charge is -1.99. The Morgan fingerprint density at radius 1 is 1.22 bits per heavy atom. The smallest absolute Gasteiger partial charge is 0.247 e. The summed E-state index contributed by atoms with van der Waals surface area (Å²) in [5, 5.41) is 11.2. The van der Waals surface area contributed by atoms with Gasteiger partial charge in [0.05, 0.1) is 19.8 Å². The van der Waals surface area contributed by atoms with Crippen LogP contribution in [0.3, 0.4) is 0 Å². The minimum atomic E-state index is 0.567. The van der Waals surface area contributed by atoms with Gasteiger partial charge in [0.25, 0.3) is 0 Å². The molecule has 0 fully saturated rings. The Balaban J connectivity index is 1.83. The molecule has 5 nitrogen and oxygen atoms in total. The van der Waals surface area contributed by atoms with Gasteiger partial charge in [-0.05, 0) is 29.8 Å². The molecule has 0 spiro atoms. The number of hydrogen-bond donors (Lipinski definition) is 1. The molecule has 0 saturated heterocycles. The van der Waals surface area contributed by atoms with Crippen molar-refractivity contribution < 1.29 is 9.15 Å². The van der Waals surface area contributed by atoms with E-state index in [1.807, 2.05) is 13.0 Å². The molecular formula is C13H15N3O2. The number of ether oxygens (including phenoxy) is 1. The quantitative estimate of drug-likeness (QED) is 0.891. The second-order valence-electron chi connectivity index (χ2n) is 4.26. The summed E-state index contributed by atoms with van der Waals surface area (Å²) in [5.74, 6) is 1.18. The number of rotatable bonds is 4. The normalized spacial score (nSPS) is 13.8. The average molecular weight is 245 g/mol. The molecule has 0 bridgehead atoms. The Morgan fingerprint density at radius 2 is 2.11 bits per heavy atom. The van der Waals surface area contributed by atoms with Gasteiger partial charge in [-0.2, -0.15) is 0 Å². The van der Waals surface area contributed by atoms with E-state index in [9.17, 15) is 0 Å². The fourth-order valence-corrected chi connectivity index (χ4v) is 1.98. The summed E-state index contributed by atoms with van der Waals surface area (Å²) < 4.78 is 11.0. The van der Waals surface area contributed by atoms with Crippen molar-refractivity contribution in [1.82, 2.24) is 15.5 Å². The van der Waals surface area contributed by atoms with Gasteiger partial charge in [0, 0.05) is 5.56 Å². The Morgan fingerprint density at radius 3 is 3.00 bits per heavy atom. The lowest BCUT2D eigenvalue weighted by molar-refractivity contribution is 0.134. The van der Waals surface area contributed by atoms with E-state index in [0.717, 1.165) is 12.1 Å². The SMILES string of the molecule is CCNCc1nnc(-c2ccc3c(c2)COC3)o1. The van der Waals surface area contributed by atoms with E-state index < -0.39 is 0 Å². The van der Waals surface area contributed by atoms with E-state index in [2.05, 4.69) is 27.6 Å². The fourth-order valence-electron chi connectivity index (χ4n) is 1.98. The molecule has 0 radical (unpaired) electrons. The summed E-state index contributed by atoms with van der Waals surface area (Å²) in [7, 11) is 0. The number of fused-ring (bicyclic) bond motifs is 1. The Labute approximate surface area is 105 Å². The van der Waals surface area contributed by atoms with Crippen LogP contribution in [0.25, 0.3) is 11.5 Å². The maximum Gasteiger partial charge on any atom is 0.247 e. The Bertz CT molecular complexity index is 551. The molecule has 0 atom stereocenters. The third-order valence-corrected chi connectivity index (χ3v) is 2.96. The van der Waals surface area contributed by atoms with Crippen LogP contribution in [0, 0.1) is 0 Å². The van der Waals surface area contributed by atoms with Gasteiger partial charge in [-0.15, -0.1) is 10.2 Å². The molecular weight excluding hydrogens is 230 g/mol. The molecule has 5 heteroatoms. The second-order valence-corrected chi connectivity index (χ2v) is 4.26. The van der Waals surface area contributed by atoms with Crippen LogP contribution in [0.2, 0.25) is 0 Å². The number of aromatic nitrogens is 2. The van der Waals surface area contributed by atoms with E-state index in [4.69, 9.17) is 9.15 Å². The van der Waals surface area contributed by atoms with Crippen molar-refractivity contribution in [2.24, 2.45) is 0 Å². The highest BCUT2D eigenvalue weighted by atomic mass is 16.5. The molecule has 0 saturated carbocycles. The van der Waals surface area contributed by atoms with Gasteiger partial charge >= 0.3 is 0 Å². The molecule has 0 amide bonds. The van der Waals surface area contributed by atoms with Gasteiger partial charge in [-0.3, -0.25) is 0 Å². The van der Waals surface area contributed by atoms with Crippen molar-refractivity contribution in [2.45, 2.75) is 26.7 Å². The Hall–Kier alpha value is -1.72. The largest absolute Gasteiger partial charge is 0.419 e. The molecule has 1 aliphatic rings. The van der Waals surface area contributed by atoms with Crippen LogP contribution < -0.4 is 5.32 Å². The zero-order valence-electron chi connectivity index (χ0n) is 10.3. The van der Waals surface area contributed by atoms with E-state index >= 15 is 0 Å². The summed E-state index contributed by atoms with van der Waals surface area (Å²) in [6.45, 7) is 4.90. The maximum atomic E-state index is 5.61. The highest BCUT2D eigenvalue weighted by Gasteiger charge is 2.14. The second kappa shape index (κ2) is 4.88. The number of hydrogen-bond acceptors (Lipinski definition) is 5. The molecule has 94 valence electrons. The topological polar surface area (TPSA) is 60.2 Å². The van der Waals surface area contributed by atoms with Gasteiger partial charge in [-0.25, -0.2) is 0 Å².